The second-order valence-electron chi connectivity index (χ2n) is 6.25. The molecule has 2 aromatic rings. The summed E-state index contributed by atoms with van der Waals surface area (Å²) in [6.07, 6.45) is 3.45. The summed E-state index contributed by atoms with van der Waals surface area (Å²) in [5, 5.41) is 12.0. The molecule has 0 spiro atoms. The number of rotatable bonds is 7. The fourth-order valence-electron chi connectivity index (χ4n) is 2.53. The van der Waals surface area contributed by atoms with Crippen LogP contribution in [0.5, 0.6) is 0 Å². The highest BCUT2D eigenvalue weighted by molar-refractivity contribution is 8.26. The molecule has 1 aliphatic heterocycles. The molecule has 1 fully saturated rings. The molecule has 0 saturated carbocycles. The molecule has 28 heavy (non-hydrogen) atoms. The normalized spacial score (nSPS) is 15.5. The van der Waals surface area contributed by atoms with Crippen LogP contribution in [0.1, 0.15) is 35.9 Å². The van der Waals surface area contributed by atoms with Gasteiger partial charge in [0.2, 0.25) is 11.0 Å². The zero-order chi connectivity index (χ0) is 20.1. The molecule has 146 valence electrons. The van der Waals surface area contributed by atoms with E-state index in [4.69, 9.17) is 12.2 Å². The monoisotopic (exact) mass is 432 g/mol. The summed E-state index contributed by atoms with van der Waals surface area (Å²) in [5.41, 5.74) is 2.14. The van der Waals surface area contributed by atoms with Crippen molar-refractivity contribution in [2.45, 2.75) is 33.1 Å². The molecule has 0 bridgehead atoms. The Morgan fingerprint density at radius 1 is 1.29 bits per heavy atom. The third-order valence-corrected chi connectivity index (χ3v) is 6.41. The molecule has 3 rings (SSSR count). The number of nitrogens with one attached hydrogen (secondary N) is 1. The van der Waals surface area contributed by atoms with E-state index >= 15 is 0 Å². The predicted molar refractivity (Wildman–Crippen MR) is 118 cm³/mol. The number of carbonyl (C=O) groups is 2. The van der Waals surface area contributed by atoms with Crippen LogP contribution in [-0.4, -0.2) is 37.8 Å². The van der Waals surface area contributed by atoms with Gasteiger partial charge in [0.15, 0.2) is 0 Å². The third-order valence-electron chi connectivity index (χ3n) is 4.05. The maximum Gasteiger partial charge on any atom is 0.266 e. The first-order valence-electron chi connectivity index (χ1n) is 8.90. The van der Waals surface area contributed by atoms with Crippen molar-refractivity contribution in [2.75, 3.05) is 11.9 Å². The zero-order valence-electron chi connectivity index (χ0n) is 15.6. The molecule has 1 N–H and O–H groups in total. The maximum absolute atomic E-state index is 12.6. The van der Waals surface area contributed by atoms with Gasteiger partial charge < -0.3 is 5.32 Å². The molecule has 2 amide bonds. The lowest BCUT2D eigenvalue weighted by Crippen LogP contribution is -2.29. The molecule has 0 atom stereocenters. The molecule has 2 heterocycles. The Hall–Kier alpha value is -2.10. The van der Waals surface area contributed by atoms with Crippen LogP contribution in [0.25, 0.3) is 6.08 Å². The quantitative estimate of drug-likeness (QED) is 0.526. The molecule has 0 aliphatic carbocycles. The highest BCUT2D eigenvalue weighted by atomic mass is 32.2. The highest BCUT2D eigenvalue weighted by Gasteiger charge is 2.31. The van der Waals surface area contributed by atoms with Gasteiger partial charge >= 0.3 is 0 Å². The minimum Gasteiger partial charge on any atom is -0.301 e. The van der Waals surface area contributed by atoms with E-state index in [1.54, 1.807) is 4.90 Å². The standard InChI is InChI=1S/C19H20N4O2S3/c1-3-16-21-22-18(28-16)20-15(24)5-4-10-23-17(25)14(27-19(23)26)11-13-8-6-12(2)7-9-13/h6-9,11H,3-5,10H2,1-2H3,(H,20,22,24)/b14-11+. The van der Waals surface area contributed by atoms with Gasteiger partial charge in [0, 0.05) is 13.0 Å². The molecule has 6 nitrogen and oxygen atoms in total. The minimum atomic E-state index is -0.139. The van der Waals surface area contributed by atoms with Crippen LogP contribution in [0.2, 0.25) is 0 Å². The minimum absolute atomic E-state index is 0.104. The van der Waals surface area contributed by atoms with E-state index in [-0.39, 0.29) is 18.2 Å². The van der Waals surface area contributed by atoms with Crippen molar-refractivity contribution in [3.05, 3.63) is 45.3 Å². The van der Waals surface area contributed by atoms with Crippen molar-refractivity contribution >= 4 is 62.7 Å². The molecule has 1 saturated heterocycles. The van der Waals surface area contributed by atoms with Gasteiger partial charge in [0.05, 0.1) is 4.91 Å². The zero-order valence-corrected chi connectivity index (χ0v) is 18.0. The first kappa shape index (κ1) is 20.6. The second-order valence-corrected chi connectivity index (χ2v) is 8.99. The van der Waals surface area contributed by atoms with Gasteiger partial charge in [-0.3, -0.25) is 14.5 Å². The smallest absolute Gasteiger partial charge is 0.266 e. The Morgan fingerprint density at radius 3 is 2.71 bits per heavy atom. The lowest BCUT2D eigenvalue weighted by Gasteiger charge is -2.13. The van der Waals surface area contributed by atoms with Crippen LogP contribution in [0, 0.1) is 6.92 Å². The van der Waals surface area contributed by atoms with E-state index in [0.29, 0.717) is 27.3 Å². The number of aryl methyl sites for hydroxylation is 2. The Bertz CT molecular complexity index is 922. The molecule has 0 radical (unpaired) electrons. The summed E-state index contributed by atoms with van der Waals surface area (Å²) in [4.78, 5) is 26.9. The lowest BCUT2D eigenvalue weighted by molar-refractivity contribution is -0.122. The highest BCUT2D eigenvalue weighted by Crippen LogP contribution is 2.32. The van der Waals surface area contributed by atoms with Gasteiger partial charge in [-0.05, 0) is 31.4 Å². The third kappa shape index (κ3) is 5.24. The Labute approximate surface area is 177 Å². The van der Waals surface area contributed by atoms with E-state index in [1.807, 2.05) is 44.2 Å². The van der Waals surface area contributed by atoms with Crippen LogP contribution < -0.4 is 5.32 Å². The summed E-state index contributed by atoms with van der Waals surface area (Å²) >= 11 is 8.01. The Balaban J connectivity index is 1.51. The second kappa shape index (κ2) is 9.40. The van der Waals surface area contributed by atoms with Crippen LogP contribution in [0.3, 0.4) is 0 Å². The van der Waals surface area contributed by atoms with Crippen LogP contribution in [0.15, 0.2) is 29.2 Å². The first-order valence-corrected chi connectivity index (χ1v) is 10.9. The van der Waals surface area contributed by atoms with Gasteiger partial charge in [-0.1, -0.05) is 72.1 Å². The van der Waals surface area contributed by atoms with E-state index in [2.05, 4.69) is 15.5 Å². The van der Waals surface area contributed by atoms with Crippen LogP contribution >= 0.6 is 35.3 Å². The van der Waals surface area contributed by atoms with Crippen LogP contribution in [0.4, 0.5) is 5.13 Å². The van der Waals surface area contributed by atoms with E-state index < -0.39 is 0 Å². The molecule has 0 unspecified atom stereocenters. The van der Waals surface area contributed by atoms with Gasteiger partial charge in [-0.15, -0.1) is 10.2 Å². The number of hydrogen-bond acceptors (Lipinski definition) is 7. The van der Waals surface area contributed by atoms with Gasteiger partial charge in [0.25, 0.3) is 5.91 Å². The number of thioether (sulfide) groups is 1. The van der Waals surface area contributed by atoms with E-state index in [1.165, 1.54) is 28.7 Å². The molecular formula is C19H20N4O2S3. The van der Waals surface area contributed by atoms with E-state index in [9.17, 15) is 9.59 Å². The first-order chi connectivity index (χ1) is 13.5. The molecule has 9 heteroatoms. The number of benzene rings is 1. The van der Waals surface area contributed by atoms with Crippen LogP contribution in [-0.2, 0) is 16.0 Å². The number of anilines is 1. The Kier molecular flexibility index (Phi) is 6.93. The number of aromatic nitrogens is 2. The van der Waals surface area contributed by atoms with Crippen molar-refractivity contribution in [1.29, 1.82) is 0 Å². The van der Waals surface area contributed by atoms with Crippen molar-refractivity contribution in [3.63, 3.8) is 0 Å². The molecule has 1 aromatic carbocycles. The van der Waals surface area contributed by atoms with Crippen molar-refractivity contribution in [3.8, 4) is 0 Å². The number of carbonyl (C=O) groups excluding carboxylic acids is 2. The number of thiocarbonyl (C=S) groups is 1. The average Bonchev–Trinajstić information content (AvgIpc) is 3.23. The van der Waals surface area contributed by atoms with Gasteiger partial charge in [0.1, 0.15) is 9.33 Å². The van der Waals surface area contributed by atoms with E-state index in [0.717, 1.165) is 17.0 Å². The summed E-state index contributed by atoms with van der Waals surface area (Å²) in [5.74, 6) is -0.243. The van der Waals surface area contributed by atoms with Crippen molar-refractivity contribution in [2.24, 2.45) is 0 Å². The Morgan fingerprint density at radius 2 is 2.04 bits per heavy atom. The molecular weight excluding hydrogens is 412 g/mol. The summed E-state index contributed by atoms with van der Waals surface area (Å²) in [6.45, 7) is 4.43. The fraction of sp³-hybridized carbons (Fsp3) is 0.316. The van der Waals surface area contributed by atoms with Gasteiger partial charge in [-0.2, -0.15) is 0 Å². The fourth-order valence-corrected chi connectivity index (χ4v) is 4.54. The summed E-state index contributed by atoms with van der Waals surface area (Å²) in [6, 6.07) is 7.96. The SMILES string of the molecule is CCc1nnc(NC(=O)CCCN2C(=O)/C(=C\c3ccc(C)cc3)SC2=S)s1. The maximum atomic E-state index is 12.6. The van der Waals surface area contributed by atoms with Crippen molar-refractivity contribution in [1.82, 2.24) is 15.1 Å². The van der Waals surface area contributed by atoms with Gasteiger partial charge in [-0.25, -0.2) is 0 Å². The molecule has 1 aromatic heterocycles. The summed E-state index contributed by atoms with van der Waals surface area (Å²) in [7, 11) is 0. The topological polar surface area (TPSA) is 75.2 Å². The number of hydrogen-bond donors (Lipinski definition) is 1. The number of amides is 2. The molecule has 1 aliphatic rings. The average molecular weight is 433 g/mol. The summed E-state index contributed by atoms with van der Waals surface area (Å²) < 4.78 is 0.528. The largest absolute Gasteiger partial charge is 0.301 e. The lowest BCUT2D eigenvalue weighted by atomic mass is 10.1. The van der Waals surface area contributed by atoms with Crippen molar-refractivity contribution < 1.29 is 9.59 Å². The predicted octanol–water partition coefficient (Wildman–Crippen LogP) is 4.03. The number of nitrogens with zero attached hydrogens (tertiary/aromatic N) is 3.